The van der Waals surface area contributed by atoms with Crippen molar-refractivity contribution in [3.8, 4) is 0 Å². The smallest absolute Gasteiger partial charge is 0.410 e. The third kappa shape index (κ3) is 8.63. The normalized spacial score (nSPS) is 22.3. The van der Waals surface area contributed by atoms with Crippen LogP contribution in [-0.4, -0.2) is 126 Å². The highest BCUT2D eigenvalue weighted by Gasteiger charge is 2.37. The van der Waals surface area contributed by atoms with Crippen LogP contribution in [0, 0.1) is 5.92 Å². The molecule has 0 spiro atoms. The maximum atomic E-state index is 14.1. The number of hydrogen-bond acceptors (Lipinski definition) is 6. The molecule has 1 N–H and O–H groups in total. The van der Waals surface area contributed by atoms with Crippen molar-refractivity contribution in [3.05, 3.63) is 62.5 Å². The molecule has 12 heteroatoms. The minimum atomic E-state index is -0.907. The second-order valence-electron chi connectivity index (χ2n) is 14.4. The zero-order chi connectivity index (χ0) is 33.9. The molecule has 4 heterocycles. The first-order valence-electron chi connectivity index (χ1n) is 18.1. The number of halogens is 2. The molecule has 264 valence electrons. The van der Waals surface area contributed by atoms with E-state index in [0.29, 0.717) is 58.0 Å². The molecule has 7 rings (SSSR count). The molecule has 2 aromatic rings. The predicted octanol–water partition coefficient (Wildman–Crippen LogP) is 5.83. The topological polar surface area (TPSA) is 88.7 Å². The Morgan fingerprint density at radius 1 is 0.796 bits per heavy atom. The number of piperidine rings is 2. The molecule has 1 saturated carbocycles. The van der Waals surface area contributed by atoms with Crippen LogP contribution in [0.3, 0.4) is 0 Å². The van der Waals surface area contributed by atoms with E-state index in [1.807, 2.05) is 46.2 Å². The average molecular weight is 801 g/mol. The van der Waals surface area contributed by atoms with E-state index in [1.54, 1.807) is 4.90 Å². The van der Waals surface area contributed by atoms with Crippen LogP contribution in [0.25, 0.3) is 0 Å². The first kappa shape index (κ1) is 34.8. The highest BCUT2D eigenvalue weighted by molar-refractivity contribution is 9.13. The number of amides is 4. The number of carbonyl (C=O) groups is 3. The van der Waals surface area contributed by atoms with Gasteiger partial charge in [0, 0.05) is 98.6 Å². The minimum absolute atomic E-state index is 0.0402. The molecule has 0 unspecified atom stereocenters. The van der Waals surface area contributed by atoms with E-state index in [-0.39, 0.29) is 18.0 Å². The number of fused-ring (bicyclic) bond motifs is 1. The number of nitrogens with one attached hydrogen (secondary N) is 1. The van der Waals surface area contributed by atoms with Crippen molar-refractivity contribution >= 4 is 55.6 Å². The number of para-hydroxylation sites is 1. The van der Waals surface area contributed by atoms with Gasteiger partial charge in [0.2, 0.25) is 0 Å². The van der Waals surface area contributed by atoms with Crippen molar-refractivity contribution in [2.45, 2.75) is 69.6 Å². The van der Waals surface area contributed by atoms with Crippen LogP contribution in [-0.2, 0) is 22.4 Å². The lowest BCUT2D eigenvalue weighted by Crippen LogP contribution is -2.55. The Kier molecular flexibility index (Phi) is 11.1. The molecule has 2 aromatic carbocycles. The molecule has 5 aliphatic rings. The number of hydrogen-bond donors (Lipinski definition) is 1. The van der Waals surface area contributed by atoms with Crippen molar-refractivity contribution in [2.24, 2.45) is 5.92 Å². The quantitative estimate of drug-likeness (QED) is 0.362. The van der Waals surface area contributed by atoms with Crippen LogP contribution in [0.2, 0.25) is 0 Å². The van der Waals surface area contributed by atoms with Gasteiger partial charge in [-0.15, -0.1) is 0 Å². The number of rotatable bonds is 8. The molecule has 4 aliphatic heterocycles. The van der Waals surface area contributed by atoms with Crippen molar-refractivity contribution in [3.63, 3.8) is 0 Å². The van der Waals surface area contributed by atoms with Crippen LogP contribution in [0.5, 0.6) is 0 Å². The Bertz CT molecular complexity index is 1500. The monoisotopic (exact) mass is 798 g/mol. The van der Waals surface area contributed by atoms with Crippen molar-refractivity contribution < 1.29 is 19.1 Å². The molecule has 4 amide bonds. The summed E-state index contributed by atoms with van der Waals surface area (Å²) >= 11 is 7.12. The summed E-state index contributed by atoms with van der Waals surface area (Å²) in [7, 11) is 0. The number of anilines is 1. The van der Waals surface area contributed by atoms with Gasteiger partial charge in [-0.2, -0.15) is 0 Å². The van der Waals surface area contributed by atoms with Gasteiger partial charge < -0.3 is 29.7 Å². The number of ether oxygens (including phenoxy) is 1. The molecule has 0 bridgehead atoms. The Hall–Kier alpha value is -2.67. The van der Waals surface area contributed by atoms with Crippen molar-refractivity contribution in [1.29, 1.82) is 0 Å². The zero-order valence-corrected chi connectivity index (χ0v) is 31.4. The van der Waals surface area contributed by atoms with E-state index in [4.69, 9.17) is 4.74 Å². The van der Waals surface area contributed by atoms with Gasteiger partial charge in [-0.3, -0.25) is 9.69 Å². The van der Waals surface area contributed by atoms with Crippen LogP contribution < -0.4 is 5.32 Å². The number of carbonyl (C=O) groups excluding carboxylic acids is 3. The van der Waals surface area contributed by atoms with E-state index in [2.05, 4.69) is 53.0 Å². The first-order valence-corrected chi connectivity index (χ1v) is 19.7. The second-order valence-corrected chi connectivity index (χ2v) is 16.1. The van der Waals surface area contributed by atoms with Gasteiger partial charge in [-0.25, -0.2) is 9.59 Å². The van der Waals surface area contributed by atoms with Gasteiger partial charge in [0.1, 0.15) is 0 Å². The summed E-state index contributed by atoms with van der Waals surface area (Å²) in [6, 6.07) is 14.3. The Balaban J connectivity index is 0.942. The summed E-state index contributed by atoms with van der Waals surface area (Å²) in [5, 5.41) is 3.06. The van der Waals surface area contributed by atoms with Gasteiger partial charge in [-0.1, -0.05) is 24.3 Å². The maximum Gasteiger partial charge on any atom is 0.410 e. The Morgan fingerprint density at radius 3 is 2.20 bits per heavy atom. The third-order valence-electron chi connectivity index (χ3n) is 11.1. The third-order valence-corrected chi connectivity index (χ3v) is 13.0. The summed E-state index contributed by atoms with van der Waals surface area (Å²) in [4.78, 5) is 51.6. The van der Waals surface area contributed by atoms with Crippen LogP contribution >= 0.6 is 31.9 Å². The molecule has 49 heavy (non-hydrogen) atoms. The highest BCUT2D eigenvalue weighted by atomic mass is 79.9. The molecule has 0 radical (unpaired) electrons. The molecule has 4 fully saturated rings. The van der Waals surface area contributed by atoms with Gasteiger partial charge in [-0.05, 0) is 112 Å². The van der Waals surface area contributed by atoms with Crippen molar-refractivity contribution in [1.82, 2.24) is 24.5 Å². The van der Waals surface area contributed by atoms with Gasteiger partial charge in [0.05, 0.1) is 0 Å². The van der Waals surface area contributed by atoms with Gasteiger partial charge in [0.25, 0.3) is 5.91 Å². The minimum Gasteiger partial charge on any atom is -0.436 e. The van der Waals surface area contributed by atoms with E-state index < -0.39 is 12.2 Å². The van der Waals surface area contributed by atoms with Gasteiger partial charge in [0.15, 0.2) is 6.10 Å². The SMILES string of the molecule is O=C(O[C@H](Cc1ccc(Br)c(Br)c1)C(=O)N1CCC(N2CCN(CC3CC3)CC2)CC1)N1CCC(N2CCc3ccccc3NC2=O)CC1. The fourth-order valence-corrected chi connectivity index (χ4v) is 8.66. The van der Waals surface area contributed by atoms with E-state index >= 15 is 0 Å². The molecule has 0 aromatic heterocycles. The number of likely N-dealkylation sites (tertiary alicyclic amines) is 2. The zero-order valence-electron chi connectivity index (χ0n) is 28.2. The largest absolute Gasteiger partial charge is 0.436 e. The number of nitrogens with zero attached hydrogens (tertiary/aromatic N) is 5. The van der Waals surface area contributed by atoms with Crippen LogP contribution in [0.1, 0.15) is 49.7 Å². The fraction of sp³-hybridized carbons (Fsp3) is 0.595. The molecule has 10 nitrogen and oxygen atoms in total. The van der Waals surface area contributed by atoms with E-state index in [1.165, 1.54) is 19.4 Å². The first-order chi connectivity index (χ1) is 23.8. The molecular formula is C37H48Br2N6O4. The summed E-state index contributed by atoms with van der Waals surface area (Å²) in [6.45, 7) is 8.72. The molecular weight excluding hydrogens is 752 g/mol. The number of urea groups is 1. The summed E-state index contributed by atoms with van der Waals surface area (Å²) in [6.07, 6.45) is 5.76. The lowest BCUT2D eigenvalue weighted by molar-refractivity contribution is -0.142. The number of benzene rings is 2. The molecule has 1 aliphatic carbocycles. The van der Waals surface area contributed by atoms with E-state index in [0.717, 1.165) is 77.1 Å². The average Bonchev–Trinajstić information content (AvgIpc) is 3.96. The molecule has 3 saturated heterocycles. The molecule has 1 atom stereocenters. The summed E-state index contributed by atoms with van der Waals surface area (Å²) < 4.78 is 7.91. The predicted molar refractivity (Wildman–Crippen MR) is 197 cm³/mol. The van der Waals surface area contributed by atoms with Crippen LogP contribution in [0.15, 0.2) is 51.4 Å². The number of piperazine rings is 1. The van der Waals surface area contributed by atoms with Crippen molar-refractivity contribution in [2.75, 3.05) is 70.8 Å². The Labute approximate surface area is 306 Å². The maximum absolute atomic E-state index is 14.1. The second kappa shape index (κ2) is 15.7. The van der Waals surface area contributed by atoms with E-state index in [9.17, 15) is 14.4 Å². The lowest BCUT2D eigenvalue weighted by atomic mass is 10.0. The highest BCUT2D eigenvalue weighted by Crippen LogP contribution is 2.31. The fourth-order valence-electron chi connectivity index (χ4n) is 7.99. The standard InChI is InChI=1S/C37H48Br2N6O4/c38-31-8-7-27(23-32(31)39)24-34(35(46)43-14-10-29(11-15-43)42-21-19-41(20-22-42)25-26-5-6-26)49-37(48)44-16-12-30(13-17-44)45-18-9-28-3-1-2-4-33(28)40-36(45)47/h1-4,7-8,23,26,29-30,34H,5-6,9-22,24-25H2,(H,40,47)/t34-/m1/s1. The summed E-state index contributed by atoms with van der Waals surface area (Å²) in [5.74, 6) is 0.815. The lowest BCUT2D eigenvalue weighted by Gasteiger charge is -2.43. The van der Waals surface area contributed by atoms with Crippen LogP contribution in [0.4, 0.5) is 15.3 Å². The summed E-state index contributed by atoms with van der Waals surface area (Å²) in [5.41, 5.74) is 2.93. The Morgan fingerprint density at radius 2 is 1.49 bits per heavy atom. The van der Waals surface area contributed by atoms with Gasteiger partial charge >= 0.3 is 12.1 Å².